The van der Waals surface area contributed by atoms with E-state index in [1.165, 1.54) is 34.4 Å². The molecule has 0 bridgehead atoms. The van der Waals surface area contributed by atoms with Crippen molar-refractivity contribution in [2.45, 2.75) is 97.9 Å². The Hall–Kier alpha value is -4.52. The van der Waals surface area contributed by atoms with Crippen molar-refractivity contribution in [1.29, 1.82) is 0 Å². The number of rotatable bonds is 10. The Morgan fingerprint density at radius 3 is 2.08 bits per heavy atom. The van der Waals surface area contributed by atoms with Crippen molar-refractivity contribution in [2.75, 3.05) is 19.1 Å². The first-order valence-corrected chi connectivity index (χ1v) is 18.4. The van der Waals surface area contributed by atoms with Gasteiger partial charge in [0.05, 0.1) is 23.3 Å². The Morgan fingerprint density at radius 2 is 1.49 bits per heavy atom. The van der Waals surface area contributed by atoms with Crippen LogP contribution in [0.4, 0.5) is 17.1 Å². The molecule has 4 atom stereocenters. The lowest BCUT2D eigenvalue weighted by Gasteiger charge is -2.37. The van der Waals surface area contributed by atoms with Crippen LogP contribution in [-0.2, 0) is 14.3 Å². The van der Waals surface area contributed by atoms with Gasteiger partial charge in [0.25, 0.3) is 0 Å². The van der Waals surface area contributed by atoms with Gasteiger partial charge in [-0.1, -0.05) is 54.8 Å². The summed E-state index contributed by atoms with van der Waals surface area (Å²) in [4.78, 5) is 16.0. The molecule has 6 heteroatoms. The van der Waals surface area contributed by atoms with Crippen LogP contribution in [0.5, 0.6) is 0 Å². The molecular formula is C45H53N2O4+. The predicted octanol–water partition coefficient (Wildman–Crippen LogP) is 9.89. The van der Waals surface area contributed by atoms with E-state index in [1.807, 2.05) is 43.5 Å². The van der Waals surface area contributed by atoms with Gasteiger partial charge in [0.2, 0.25) is 17.2 Å². The molecule has 3 aliphatic carbocycles. The number of carbonyl (C=O) groups excluding carboxylic acids is 1. The number of hydrogen-bond donors (Lipinski definition) is 1. The summed E-state index contributed by atoms with van der Waals surface area (Å²) < 4.78 is 14.3. The molecule has 3 aromatic rings. The van der Waals surface area contributed by atoms with E-state index in [1.54, 1.807) is 7.11 Å². The highest BCUT2D eigenvalue weighted by Gasteiger charge is 2.39. The molecule has 0 aliphatic heterocycles. The standard InChI is InChI=1S/C45H52N2O4/c1-9-40(50-7)32(6)46(37-24-14-28(2)26-30(37)4)35-20-16-33(17-21-35)42-44(48)43(45(42)49)34-18-22-36(23-19-34)47(38-25-15-29(3)27-31(38)5)39-12-10-11-13-41(39)51-8/h14-27,32,39-41H,9-13H2,1-8H3/p+1. The summed E-state index contributed by atoms with van der Waals surface area (Å²) in [6.07, 6.45) is 13.5. The highest BCUT2D eigenvalue weighted by atomic mass is 16.5. The maximum absolute atomic E-state index is 13.7. The Balaban J connectivity index is 1.32. The zero-order valence-electron chi connectivity index (χ0n) is 31.5. The highest BCUT2D eigenvalue weighted by Crippen LogP contribution is 2.41. The van der Waals surface area contributed by atoms with Crippen LogP contribution in [0.1, 0.15) is 73.8 Å². The lowest BCUT2D eigenvalue weighted by molar-refractivity contribution is -0.502. The minimum atomic E-state index is -0.143. The number of aryl methyl sites for hydroxylation is 4. The fourth-order valence-electron chi connectivity index (χ4n) is 8.29. The average Bonchev–Trinajstić information content (AvgIpc) is 3.12. The summed E-state index contributed by atoms with van der Waals surface area (Å²) in [5.74, 6) is -0.0977. The van der Waals surface area contributed by atoms with Crippen molar-refractivity contribution >= 4 is 34.1 Å². The normalized spacial score (nSPS) is 20.1. The van der Waals surface area contributed by atoms with Gasteiger partial charge in [0, 0.05) is 55.8 Å². The molecule has 3 aliphatic rings. The van der Waals surface area contributed by atoms with Crippen LogP contribution in [0.25, 0.3) is 5.57 Å². The second-order valence-corrected chi connectivity index (χ2v) is 14.4. The molecule has 4 unspecified atom stereocenters. The fourth-order valence-corrected chi connectivity index (χ4v) is 8.29. The minimum absolute atomic E-state index is 0.0333. The minimum Gasteiger partial charge on any atom is -0.506 e. The average molecular weight is 686 g/mol. The van der Waals surface area contributed by atoms with E-state index >= 15 is 0 Å². The molecule has 6 nitrogen and oxygen atoms in total. The number of Topliss-reactive ketones (excluding diaryl/α,β-unsaturated/α-hetero) is 1. The number of nitrogens with zero attached hydrogens (tertiary/aromatic N) is 2. The highest BCUT2D eigenvalue weighted by molar-refractivity contribution is 6.39. The van der Waals surface area contributed by atoms with Crippen molar-refractivity contribution in [1.82, 2.24) is 0 Å². The summed E-state index contributed by atoms with van der Waals surface area (Å²) in [6.45, 7) is 12.9. The molecule has 0 spiro atoms. The SMILES string of the molecule is CCC(OC)C(C)N(c1ccc(C2=C(O)C(=C3C=CC(=[N+](c4ccc(C)cc4C)C4CCCCC4OC)C=C3)C2=O)cc1)c1ccc(C)cc1C. The van der Waals surface area contributed by atoms with E-state index in [9.17, 15) is 9.90 Å². The molecule has 266 valence electrons. The summed E-state index contributed by atoms with van der Waals surface area (Å²) in [5, 5.41) is 11.3. The third kappa shape index (κ3) is 7.04. The van der Waals surface area contributed by atoms with E-state index in [0.29, 0.717) is 22.3 Å². The van der Waals surface area contributed by atoms with Crippen molar-refractivity contribution in [3.8, 4) is 0 Å². The van der Waals surface area contributed by atoms with Crippen LogP contribution in [0.3, 0.4) is 0 Å². The number of anilines is 2. The topological polar surface area (TPSA) is 62.0 Å². The van der Waals surface area contributed by atoms with Crippen LogP contribution >= 0.6 is 0 Å². The monoisotopic (exact) mass is 685 g/mol. The fraction of sp³-hybridized carbons (Fsp3) is 0.378. The lowest BCUT2D eigenvalue weighted by atomic mass is 9.80. The van der Waals surface area contributed by atoms with Crippen LogP contribution in [0, 0.1) is 27.7 Å². The van der Waals surface area contributed by atoms with E-state index in [0.717, 1.165) is 42.8 Å². The molecule has 0 amide bonds. The van der Waals surface area contributed by atoms with Gasteiger partial charge in [-0.3, -0.25) is 4.79 Å². The first-order valence-electron chi connectivity index (χ1n) is 18.4. The summed E-state index contributed by atoms with van der Waals surface area (Å²) in [5.41, 5.74) is 11.3. The summed E-state index contributed by atoms with van der Waals surface area (Å²) >= 11 is 0. The Bertz CT molecular complexity index is 1940. The Morgan fingerprint density at radius 1 is 0.843 bits per heavy atom. The molecule has 6 rings (SSSR count). The number of methoxy groups -OCH3 is 2. The van der Waals surface area contributed by atoms with Crippen LogP contribution in [0.2, 0.25) is 0 Å². The molecule has 1 saturated carbocycles. The van der Waals surface area contributed by atoms with Crippen LogP contribution in [-0.4, -0.2) is 59.7 Å². The maximum Gasteiger partial charge on any atom is 0.208 e. The number of ether oxygens (including phenoxy) is 2. The molecule has 0 saturated heterocycles. The smallest absolute Gasteiger partial charge is 0.208 e. The van der Waals surface area contributed by atoms with Crippen molar-refractivity contribution in [3.05, 3.63) is 130 Å². The van der Waals surface area contributed by atoms with E-state index in [-0.39, 0.29) is 35.8 Å². The molecule has 0 heterocycles. The number of hydrogen-bond acceptors (Lipinski definition) is 5. The van der Waals surface area contributed by atoms with Crippen molar-refractivity contribution in [2.24, 2.45) is 0 Å². The first kappa shape index (κ1) is 36.3. The molecule has 51 heavy (non-hydrogen) atoms. The van der Waals surface area contributed by atoms with Gasteiger partial charge in [-0.2, -0.15) is 4.58 Å². The number of allylic oxidation sites excluding steroid dienone is 7. The second kappa shape index (κ2) is 15.4. The summed E-state index contributed by atoms with van der Waals surface area (Å²) in [7, 11) is 3.58. The molecule has 1 fully saturated rings. The summed E-state index contributed by atoms with van der Waals surface area (Å²) in [6, 6.07) is 21.3. The van der Waals surface area contributed by atoms with Crippen molar-refractivity contribution in [3.63, 3.8) is 0 Å². The van der Waals surface area contributed by atoms with Crippen LogP contribution in [0.15, 0.2) is 102 Å². The van der Waals surface area contributed by atoms with Crippen molar-refractivity contribution < 1.29 is 24.0 Å². The maximum atomic E-state index is 13.7. The Labute approximate surface area is 304 Å². The number of ketones is 1. The number of aliphatic hydroxyl groups excluding tert-OH is 1. The predicted molar refractivity (Wildman–Crippen MR) is 209 cm³/mol. The first-order chi connectivity index (χ1) is 24.6. The molecule has 3 aromatic carbocycles. The molecule has 0 radical (unpaired) electrons. The quantitative estimate of drug-likeness (QED) is 0.170. The van der Waals surface area contributed by atoms with Gasteiger partial charge >= 0.3 is 0 Å². The van der Waals surface area contributed by atoms with Gasteiger partial charge in [0.15, 0.2) is 6.04 Å². The van der Waals surface area contributed by atoms with Gasteiger partial charge in [-0.15, -0.1) is 0 Å². The number of carbonyl (C=O) groups is 1. The van der Waals surface area contributed by atoms with E-state index < -0.39 is 0 Å². The van der Waals surface area contributed by atoms with E-state index in [4.69, 9.17) is 9.47 Å². The molecule has 0 aromatic heterocycles. The molecular weight excluding hydrogens is 633 g/mol. The van der Waals surface area contributed by atoms with Crippen LogP contribution < -0.4 is 4.90 Å². The third-order valence-electron chi connectivity index (χ3n) is 11.0. The Kier molecular flexibility index (Phi) is 10.9. The zero-order chi connectivity index (χ0) is 36.4. The van der Waals surface area contributed by atoms with Gasteiger partial charge < -0.3 is 19.5 Å². The zero-order valence-corrected chi connectivity index (χ0v) is 31.5. The largest absolute Gasteiger partial charge is 0.506 e. The van der Waals surface area contributed by atoms with Gasteiger partial charge in [0.1, 0.15) is 11.9 Å². The van der Waals surface area contributed by atoms with Gasteiger partial charge in [-0.25, -0.2) is 0 Å². The second-order valence-electron chi connectivity index (χ2n) is 14.4. The number of benzene rings is 3. The van der Waals surface area contributed by atoms with Gasteiger partial charge in [-0.05, 0) is 107 Å². The number of aliphatic hydroxyl groups is 1. The third-order valence-corrected chi connectivity index (χ3v) is 11.0. The van der Waals surface area contributed by atoms with E-state index in [2.05, 4.69) is 99.6 Å². The molecule has 1 N–H and O–H groups in total. The lowest BCUT2D eigenvalue weighted by Crippen LogP contribution is -2.41.